The predicted molar refractivity (Wildman–Crippen MR) is 138 cm³/mol. The van der Waals surface area contributed by atoms with Crippen LogP contribution in [0.15, 0.2) is 91.0 Å². The van der Waals surface area contributed by atoms with Crippen molar-refractivity contribution >= 4 is 5.91 Å². The lowest BCUT2D eigenvalue weighted by molar-refractivity contribution is -0.275. The number of aromatic hydroxyl groups is 1. The molecule has 0 bridgehead atoms. The molecule has 0 radical (unpaired) electrons. The molecular weight excluding hydrogens is 628 g/mol. The molecule has 0 aliphatic heterocycles. The van der Waals surface area contributed by atoms with E-state index in [0.29, 0.717) is 6.07 Å². The Morgan fingerprint density at radius 2 is 1.20 bits per heavy atom. The molecule has 0 spiro atoms. The van der Waals surface area contributed by atoms with Gasteiger partial charge in [-0.25, -0.2) is 4.39 Å². The zero-order valence-electron chi connectivity index (χ0n) is 22.3. The maximum absolute atomic E-state index is 14.0. The van der Waals surface area contributed by atoms with E-state index in [1.807, 2.05) is 0 Å². The van der Waals surface area contributed by atoms with E-state index in [1.54, 1.807) is 0 Å². The van der Waals surface area contributed by atoms with Crippen molar-refractivity contribution in [2.24, 2.45) is 0 Å². The summed E-state index contributed by atoms with van der Waals surface area (Å²) in [5.41, 5.74) is -4.84. The number of carbonyl (C=O) groups is 1. The molecule has 0 atom stereocenters. The highest BCUT2D eigenvalue weighted by Crippen LogP contribution is 2.39. The Morgan fingerprint density at radius 3 is 1.67 bits per heavy atom. The summed E-state index contributed by atoms with van der Waals surface area (Å²) < 4.78 is 141. The van der Waals surface area contributed by atoms with Gasteiger partial charge in [-0.05, 0) is 71.3 Å². The van der Waals surface area contributed by atoms with Gasteiger partial charge >= 0.3 is 18.9 Å². The van der Waals surface area contributed by atoms with Gasteiger partial charge in [-0.3, -0.25) is 4.79 Å². The first-order valence-electron chi connectivity index (χ1n) is 12.5. The minimum atomic E-state index is -5.21. The normalized spacial score (nSPS) is 12.5. The van der Waals surface area contributed by atoms with Crippen molar-refractivity contribution in [2.75, 3.05) is 0 Å². The maximum atomic E-state index is 14.0. The first-order chi connectivity index (χ1) is 20.8. The minimum absolute atomic E-state index is 0.208. The number of phenols is 1. The highest BCUT2D eigenvalue weighted by Gasteiger charge is 2.40. The second-order valence-corrected chi connectivity index (χ2v) is 9.55. The molecule has 0 unspecified atom stereocenters. The zero-order chi connectivity index (χ0) is 33.2. The number of phenolic OH excluding ortho intramolecular Hbond substituents is 1. The summed E-state index contributed by atoms with van der Waals surface area (Å²) in [5.74, 6) is -4.80. The largest absolute Gasteiger partial charge is 0.573 e. The molecule has 2 N–H and O–H groups in total. The van der Waals surface area contributed by atoms with Crippen LogP contribution in [0.3, 0.4) is 0 Å². The second kappa shape index (κ2) is 12.2. The first kappa shape index (κ1) is 33.0. The van der Waals surface area contributed by atoms with Crippen molar-refractivity contribution in [2.45, 2.75) is 30.9 Å². The van der Waals surface area contributed by atoms with Crippen molar-refractivity contribution in [3.05, 3.63) is 125 Å². The Bertz CT molecular complexity index is 1610. The Morgan fingerprint density at radius 1 is 0.689 bits per heavy atom. The van der Waals surface area contributed by atoms with Crippen LogP contribution in [-0.2, 0) is 18.1 Å². The summed E-state index contributed by atoms with van der Waals surface area (Å²) in [4.78, 5) is 13.6. The summed E-state index contributed by atoms with van der Waals surface area (Å²) in [6, 6.07) is 14.5. The molecule has 0 fully saturated rings. The predicted octanol–water partition coefficient (Wildman–Crippen LogP) is 8.26. The molecule has 4 aromatic rings. The molecular formula is C30H19F10NO4. The van der Waals surface area contributed by atoms with Crippen molar-refractivity contribution in [3.8, 4) is 17.2 Å². The number of carbonyl (C=O) groups excluding carboxylic acids is 1. The number of rotatable bonds is 8. The molecule has 4 aromatic carbocycles. The van der Waals surface area contributed by atoms with Crippen LogP contribution in [0.2, 0.25) is 0 Å². The number of benzene rings is 4. The Kier molecular flexibility index (Phi) is 8.94. The molecule has 238 valence electrons. The van der Waals surface area contributed by atoms with E-state index >= 15 is 0 Å². The van der Waals surface area contributed by atoms with Gasteiger partial charge in [0.05, 0.1) is 11.1 Å². The number of alkyl halides is 9. The van der Waals surface area contributed by atoms with Crippen LogP contribution in [0.5, 0.6) is 17.2 Å². The summed E-state index contributed by atoms with van der Waals surface area (Å²) in [7, 11) is 0. The maximum Gasteiger partial charge on any atom is 0.573 e. The molecule has 0 aromatic heterocycles. The van der Waals surface area contributed by atoms with E-state index in [2.05, 4.69) is 14.8 Å². The Balaban J connectivity index is 1.98. The number of amides is 1. The van der Waals surface area contributed by atoms with E-state index in [0.717, 1.165) is 42.5 Å². The quantitative estimate of drug-likeness (QED) is 0.189. The third kappa shape index (κ3) is 8.37. The summed E-state index contributed by atoms with van der Waals surface area (Å²) in [6.45, 7) is 0. The monoisotopic (exact) mass is 647 g/mol. The van der Waals surface area contributed by atoms with Crippen molar-refractivity contribution in [3.63, 3.8) is 0 Å². The fraction of sp³-hybridized carbons (Fsp3) is 0.167. The van der Waals surface area contributed by atoms with E-state index in [4.69, 9.17) is 0 Å². The molecule has 45 heavy (non-hydrogen) atoms. The molecule has 0 saturated heterocycles. The van der Waals surface area contributed by atoms with Crippen molar-refractivity contribution in [1.82, 2.24) is 5.32 Å². The third-order valence-electron chi connectivity index (χ3n) is 6.39. The van der Waals surface area contributed by atoms with Crippen LogP contribution in [0.25, 0.3) is 0 Å². The molecule has 1 amide bonds. The summed E-state index contributed by atoms with van der Waals surface area (Å²) >= 11 is 0. The lowest BCUT2D eigenvalue weighted by atomic mass is 9.77. The van der Waals surface area contributed by atoms with Gasteiger partial charge in [-0.1, -0.05) is 36.4 Å². The number of hydrogen-bond donors (Lipinski definition) is 2. The van der Waals surface area contributed by atoms with Gasteiger partial charge in [0.25, 0.3) is 5.91 Å². The summed E-state index contributed by atoms with van der Waals surface area (Å²) in [6.07, 6.45) is -16.0. The summed E-state index contributed by atoms with van der Waals surface area (Å²) in [5, 5.41) is 12.2. The number of hydrogen-bond acceptors (Lipinski definition) is 4. The highest BCUT2D eigenvalue weighted by atomic mass is 19.4. The van der Waals surface area contributed by atoms with Crippen LogP contribution in [-0.4, -0.2) is 23.7 Å². The van der Waals surface area contributed by atoms with Gasteiger partial charge in [0.2, 0.25) is 0 Å². The topological polar surface area (TPSA) is 67.8 Å². The SMILES string of the molecule is O=C(NC(Cc1ccc(O)cc1)(c1cccc(OC(F)(F)F)c1)c1cccc(OC(F)(F)F)c1)c1ccc(F)c(C(F)(F)F)c1. The smallest absolute Gasteiger partial charge is 0.508 e. The lowest BCUT2D eigenvalue weighted by Gasteiger charge is -2.37. The standard InChI is InChI=1S/C30H19F10NO4/c31-25-12-9-18(13-24(25)28(32,33)34)26(43)41-27(16-17-7-10-21(42)11-8-17,19-3-1-5-22(14-19)44-29(35,36)37)20-4-2-6-23(15-20)45-30(38,39)40/h1-15,42H,16H2,(H,41,43). The first-order valence-corrected chi connectivity index (χ1v) is 12.5. The minimum Gasteiger partial charge on any atom is -0.508 e. The van der Waals surface area contributed by atoms with E-state index in [9.17, 15) is 53.8 Å². The average Bonchev–Trinajstić information content (AvgIpc) is 2.92. The molecule has 0 aliphatic carbocycles. The van der Waals surface area contributed by atoms with Crippen molar-refractivity contribution in [1.29, 1.82) is 0 Å². The number of halogens is 10. The Labute approximate surface area is 247 Å². The van der Waals surface area contributed by atoms with E-state index in [1.165, 1.54) is 36.4 Å². The van der Waals surface area contributed by atoms with E-state index < -0.39 is 65.2 Å². The van der Waals surface area contributed by atoms with Gasteiger partial charge in [0, 0.05) is 12.0 Å². The van der Waals surface area contributed by atoms with Crippen LogP contribution >= 0.6 is 0 Å². The average molecular weight is 647 g/mol. The van der Waals surface area contributed by atoms with Gasteiger partial charge in [0.15, 0.2) is 0 Å². The fourth-order valence-electron chi connectivity index (χ4n) is 4.55. The molecule has 15 heteroatoms. The number of nitrogens with one attached hydrogen (secondary N) is 1. The van der Waals surface area contributed by atoms with Crippen LogP contribution < -0.4 is 14.8 Å². The third-order valence-corrected chi connectivity index (χ3v) is 6.39. The van der Waals surface area contributed by atoms with Crippen molar-refractivity contribution < 1.29 is 63.3 Å². The molecule has 0 heterocycles. The van der Waals surface area contributed by atoms with Crippen LogP contribution in [0, 0.1) is 5.82 Å². The second-order valence-electron chi connectivity index (χ2n) is 9.55. The lowest BCUT2D eigenvalue weighted by Crippen LogP contribution is -2.48. The number of ether oxygens (including phenoxy) is 2. The van der Waals surface area contributed by atoms with E-state index in [-0.39, 0.29) is 28.5 Å². The molecule has 4 rings (SSSR count). The van der Waals surface area contributed by atoms with Gasteiger partial charge in [0.1, 0.15) is 23.1 Å². The molecule has 0 aliphatic rings. The highest BCUT2D eigenvalue weighted by molar-refractivity contribution is 5.95. The van der Waals surface area contributed by atoms with Gasteiger partial charge in [-0.2, -0.15) is 13.2 Å². The molecule has 0 saturated carbocycles. The van der Waals surface area contributed by atoms with Gasteiger partial charge < -0.3 is 19.9 Å². The Hall–Kier alpha value is -4.95. The van der Waals surface area contributed by atoms with Gasteiger partial charge in [-0.15, -0.1) is 26.3 Å². The molecule has 5 nitrogen and oxygen atoms in total. The van der Waals surface area contributed by atoms with Crippen LogP contribution in [0.4, 0.5) is 43.9 Å². The zero-order valence-corrected chi connectivity index (χ0v) is 22.3. The fourth-order valence-corrected chi connectivity index (χ4v) is 4.55. The van der Waals surface area contributed by atoms with Crippen LogP contribution in [0.1, 0.15) is 32.6 Å².